The molecule has 5 nitrogen and oxygen atoms in total. The molecule has 0 spiro atoms. The molecule has 4 atom stereocenters. The second-order valence-electron chi connectivity index (χ2n) is 7.20. The van der Waals surface area contributed by atoms with Gasteiger partial charge < -0.3 is 20.1 Å². The molecule has 1 aliphatic carbocycles. The third kappa shape index (κ3) is 7.70. The maximum Gasteiger partial charge on any atom is 0.303 e. The number of rotatable bonds is 11. The summed E-state index contributed by atoms with van der Waals surface area (Å²) in [6.45, 7) is 2.20. The number of carbonyl (C=O) groups is 1. The molecule has 1 fully saturated rings. The van der Waals surface area contributed by atoms with E-state index in [0.717, 1.165) is 40.1 Å². The fourth-order valence-corrected chi connectivity index (χ4v) is 4.75. The number of hydrogen-bond acceptors (Lipinski definition) is 5. The molecule has 156 valence electrons. The van der Waals surface area contributed by atoms with E-state index >= 15 is 0 Å². The SMILES string of the molecule is Cc1sc(OC[C@H](O)C=C[C@H]2CCC(O)[C@@H]2CC=CCCCC(=O)O)cc1Br. The number of halogens is 1. The minimum atomic E-state index is -0.769. The summed E-state index contributed by atoms with van der Waals surface area (Å²) in [6, 6.07) is 1.91. The summed E-state index contributed by atoms with van der Waals surface area (Å²) in [7, 11) is 0. The van der Waals surface area contributed by atoms with Crippen LogP contribution in [0.4, 0.5) is 0 Å². The topological polar surface area (TPSA) is 87.0 Å². The van der Waals surface area contributed by atoms with Gasteiger partial charge in [-0.2, -0.15) is 0 Å². The van der Waals surface area contributed by atoms with Crippen molar-refractivity contribution in [2.75, 3.05) is 6.61 Å². The van der Waals surface area contributed by atoms with Crippen molar-refractivity contribution in [1.29, 1.82) is 0 Å². The molecule has 1 aromatic rings. The van der Waals surface area contributed by atoms with Gasteiger partial charge in [0.2, 0.25) is 0 Å². The van der Waals surface area contributed by atoms with E-state index < -0.39 is 12.1 Å². The summed E-state index contributed by atoms with van der Waals surface area (Å²) in [5.74, 6) is -0.406. The largest absolute Gasteiger partial charge is 0.481 e. The van der Waals surface area contributed by atoms with Crippen LogP contribution in [0.15, 0.2) is 34.8 Å². The molecule has 1 aliphatic rings. The average molecular weight is 473 g/mol. The second-order valence-corrected chi connectivity index (χ2v) is 9.27. The van der Waals surface area contributed by atoms with Gasteiger partial charge in [0.15, 0.2) is 5.06 Å². The van der Waals surface area contributed by atoms with Crippen molar-refractivity contribution < 1.29 is 24.9 Å². The quantitative estimate of drug-likeness (QED) is 0.320. The van der Waals surface area contributed by atoms with Crippen LogP contribution < -0.4 is 4.74 Å². The van der Waals surface area contributed by atoms with Crippen molar-refractivity contribution in [3.63, 3.8) is 0 Å². The van der Waals surface area contributed by atoms with Crippen LogP contribution in [0.5, 0.6) is 5.06 Å². The molecular weight excluding hydrogens is 444 g/mol. The number of aliphatic hydroxyl groups is 2. The van der Waals surface area contributed by atoms with Gasteiger partial charge in [0.05, 0.1) is 6.10 Å². The van der Waals surface area contributed by atoms with E-state index in [2.05, 4.69) is 15.9 Å². The number of ether oxygens (including phenoxy) is 1. The molecule has 1 aromatic heterocycles. The summed E-state index contributed by atoms with van der Waals surface area (Å²) in [6.07, 6.45) is 10.8. The van der Waals surface area contributed by atoms with Gasteiger partial charge >= 0.3 is 5.97 Å². The number of unbranched alkanes of at least 4 members (excludes halogenated alkanes) is 1. The van der Waals surface area contributed by atoms with Gasteiger partial charge in [0.25, 0.3) is 0 Å². The molecule has 1 heterocycles. The molecule has 0 aliphatic heterocycles. The Bertz CT molecular complexity index is 665. The van der Waals surface area contributed by atoms with Crippen molar-refractivity contribution in [3.8, 4) is 5.06 Å². The van der Waals surface area contributed by atoms with E-state index in [4.69, 9.17) is 9.84 Å². The molecule has 28 heavy (non-hydrogen) atoms. The summed E-state index contributed by atoms with van der Waals surface area (Å²) in [4.78, 5) is 11.6. The molecule has 0 saturated heterocycles. The second kappa shape index (κ2) is 11.8. The lowest BCUT2D eigenvalue weighted by atomic mass is 9.90. The van der Waals surface area contributed by atoms with E-state index in [-0.39, 0.29) is 31.0 Å². The molecule has 0 radical (unpaired) electrons. The van der Waals surface area contributed by atoms with Crippen LogP contribution in [-0.2, 0) is 4.79 Å². The number of carboxylic acid groups (broad SMARTS) is 1. The van der Waals surface area contributed by atoms with Crippen molar-refractivity contribution >= 4 is 33.2 Å². The van der Waals surface area contributed by atoms with Crippen molar-refractivity contribution in [1.82, 2.24) is 0 Å². The Hall–Kier alpha value is -1.15. The highest BCUT2D eigenvalue weighted by Gasteiger charge is 2.32. The Kier molecular flexibility index (Phi) is 9.71. The highest BCUT2D eigenvalue weighted by molar-refractivity contribution is 9.10. The highest BCUT2D eigenvalue weighted by Crippen LogP contribution is 2.36. The zero-order valence-electron chi connectivity index (χ0n) is 16.1. The Morgan fingerprint density at radius 2 is 2.21 bits per heavy atom. The summed E-state index contributed by atoms with van der Waals surface area (Å²) in [5.41, 5.74) is 0. The highest BCUT2D eigenvalue weighted by atomic mass is 79.9. The summed E-state index contributed by atoms with van der Waals surface area (Å²) >= 11 is 4.99. The van der Waals surface area contributed by atoms with E-state index in [0.29, 0.717) is 6.42 Å². The molecule has 1 saturated carbocycles. The van der Waals surface area contributed by atoms with Crippen LogP contribution >= 0.6 is 27.3 Å². The number of carboxylic acids is 1. The third-order valence-corrected chi connectivity index (χ3v) is 7.04. The van der Waals surface area contributed by atoms with Gasteiger partial charge in [-0.3, -0.25) is 4.79 Å². The first-order valence-corrected chi connectivity index (χ1v) is 11.3. The van der Waals surface area contributed by atoms with Crippen LogP contribution in [0.2, 0.25) is 0 Å². The molecule has 1 unspecified atom stereocenters. The van der Waals surface area contributed by atoms with Gasteiger partial charge in [0, 0.05) is 21.8 Å². The molecule has 3 N–H and O–H groups in total. The number of hydrogen-bond donors (Lipinski definition) is 3. The lowest BCUT2D eigenvalue weighted by Crippen LogP contribution is -2.19. The first kappa shape index (κ1) is 23.1. The van der Waals surface area contributed by atoms with Crippen LogP contribution in [0.1, 0.15) is 43.4 Å². The van der Waals surface area contributed by atoms with Crippen molar-refractivity contribution in [2.24, 2.45) is 11.8 Å². The van der Waals surface area contributed by atoms with E-state index in [1.807, 2.05) is 31.2 Å². The first-order chi connectivity index (χ1) is 13.4. The molecule has 2 rings (SSSR count). The lowest BCUT2D eigenvalue weighted by molar-refractivity contribution is -0.137. The number of allylic oxidation sites excluding steroid dienone is 3. The number of aryl methyl sites for hydroxylation is 1. The molecular formula is C21H29BrO5S. The van der Waals surface area contributed by atoms with E-state index in [9.17, 15) is 15.0 Å². The minimum Gasteiger partial charge on any atom is -0.481 e. The van der Waals surface area contributed by atoms with Crippen LogP contribution in [0, 0.1) is 18.8 Å². The lowest BCUT2D eigenvalue weighted by Gasteiger charge is -2.18. The Morgan fingerprint density at radius 1 is 1.43 bits per heavy atom. The zero-order valence-corrected chi connectivity index (χ0v) is 18.5. The monoisotopic (exact) mass is 472 g/mol. The van der Waals surface area contributed by atoms with Gasteiger partial charge in [-0.1, -0.05) is 24.3 Å². The molecule has 7 heteroatoms. The zero-order chi connectivity index (χ0) is 20.5. The van der Waals surface area contributed by atoms with Gasteiger partial charge in [-0.15, -0.1) is 11.3 Å². The number of aliphatic hydroxyl groups excluding tert-OH is 2. The van der Waals surface area contributed by atoms with Gasteiger partial charge in [-0.25, -0.2) is 0 Å². The third-order valence-electron chi connectivity index (χ3n) is 4.99. The predicted octanol–water partition coefficient (Wildman–Crippen LogP) is 4.70. The average Bonchev–Trinajstić information content (AvgIpc) is 3.16. The van der Waals surface area contributed by atoms with Crippen molar-refractivity contribution in [3.05, 3.63) is 39.7 Å². The molecule has 0 aromatic carbocycles. The Labute approximate surface area is 178 Å². The fourth-order valence-electron chi connectivity index (χ4n) is 3.39. The maximum atomic E-state index is 10.5. The van der Waals surface area contributed by atoms with Crippen LogP contribution in [0.25, 0.3) is 0 Å². The smallest absolute Gasteiger partial charge is 0.303 e. The standard InChI is InChI=1S/C21H29BrO5S/c1-14-18(22)12-21(28-14)27-13-16(23)10-8-15-9-11-19(24)17(15)6-4-2-3-5-7-20(25)26/h2,4,8,10,12,15-17,19,23-24H,3,5-7,9,11,13H2,1H3,(H,25,26)/t15-,16+,17+,19?/m0/s1. The van der Waals surface area contributed by atoms with Crippen LogP contribution in [0.3, 0.4) is 0 Å². The van der Waals surface area contributed by atoms with Crippen molar-refractivity contribution in [2.45, 2.75) is 57.7 Å². The summed E-state index contributed by atoms with van der Waals surface area (Å²) < 4.78 is 6.65. The van der Waals surface area contributed by atoms with Gasteiger partial charge in [0.1, 0.15) is 12.7 Å². The Balaban J connectivity index is 1.76. The molecule has 0 amide bonds. The normalized spacial score (nSPS) is 23.6. The molecule has 0 bridgehead atoms. The van der Waals surface area contributed by atoms with E-state index in [1.165, 1.54) is 11.3 Å². The van der Waals surface area contributed by atoms with Crippen LogP contribution in [-0.4, -0.2) is 40.1 Å². The van der Waals surface area contributed by atoms with Gasteiger partial charge in [-0.05, 0) is 66.8 Å². The first-order valence-electron chi connectivity index (χ1n) is 9.66. The number of thiophene rings is 1. The maximum absolute atomic E-state index is 10.5. The summed E-state index contributed by atoms with van der Waals surface area (Å²) in [5, 5.41) is 29.8. The predicted molar refractivity (Wildman–Crippen MR) is 115 cm³/mol. The van der Waals surface area contributed by atoms with E-state index in [1.54, 1.807) is 6.08 Å². The Morgan fingerprint density at radius 3 is 2.89 bits per heavy atom. The number of aliphatic carboxylic acids is 1. The fraction of sp³-hybridized carbons (Fsp3) is 0.571. The minimum absolute atomic E-state index is 0.135.